The summed E-state index contributed by atoms with van der Waals surface area (Å²) in [6.45, 7) is 2.59. The van der Waals surface area contributed by atoms with E-state index in [-0.39, 0.29) is 18.6 Å². The smallest absolute Gasteiger partial charge is 0.310 e. The molecule has 5 nitrogen and oxygen atoms in total. The molecule has 2 atom stereocenters. The Morgan fingerprint density at radius 1 is 1.21 bits per heavy atom. The van der Waals surface area contributed by atoms with Crippen LogP contribution in [-0.2, 0) is 25.9 Å². The number of hydrogen-bond donors (Lipinski definition) is 0. The Hall–Kier alpha value is -2.57. The maximum absolute atomic E-state index is 12.9. The van der Waals surface area contributed by atoms with Crippen molar-refractivity contribution in [2.45, 2.75) is 36.3 Å². The Bertz CT molecular complexity index is 945. The molecule has 0 N–H and O–H groups in total. The first-order chi connectivity index (χ1) is 14.2. The molecule has 1 aliphatic heterocycles. The van der Waals surface area contributed by atoms with Gasteiger partial charge in [-0.3, -0.25) is 4.79 Å². The van der Waals surface area contributed by atoms with Crippen LogP contribution in [0.1, 0.15) is 24.2 Å². The molecule has 2 heterocycles. The van der Waals surface area contributed by atoms with Crippen LogP contribution in [0, 0.1) is 12.8 Å². The van der Waals surface area contributed by atoms with Crippen LogP contribution in [0.3, 0.4) is 0 Å². The molecule has 2 aromatic carbocycles. The number of imidazole rings is 1. The second-order valence-corrected chi connectivity index (χ2v) is 8.44. The summed E-state index contributed by atoms with van der Waals surface area (Å²) in [4.78, 5) is 17.5. The third-order valence-electron chi connectivity index (χ3n) is 5.16. The van der Waals surface area contributed by atoms with Gasteiger partial charge in [0, 0.05) is 30.3 Å². The van der Waals surface area contributed by atoms with Gasteiger partial charge in [0.1, 0.15) is 10.8 Å². The molecule has 150 valence electrons. The summed E-state index contributed by atoms with van der Waals surface area (Å²) in [6, 6.07) is 20.3. The largest absolute Gasteiger partial charge is 0.444 e. The Morgan fingerprint density at radius 2 is 1.93 bits per heavy atom. The van der Waals surface area contributed by atoms with Crippen LogP contribution in [-0.4, -0.2) is 22.1 Å². The second kappa shape index (κ2) is 8.84. The van der Waals surface area contributed by atoms with Crippen molar-refractivity contribution in [2.24, 2.45) is 5.92 Å². The van der Waals surface area contributed by atoms with Crippen LogP contribution in [0.15, 0.2) is 78.0 Å². The van der Waals surface area contributed by atoms with E-state index in [2.05, 4.69) is 29.2 Å². The summed E-state index contributed by atoms with van der Waals surface area (Å²) < 4.78 is 13.8. The minimum absolute atomic E-state index is 0.185. The fourth-order valence-electron chi connectivity index (χ4n) is 3.55. The molecule has 1 fully saturated rings. The van der Waals surface area contributed by atoms with E-state index < -0.39 is 4.93 Å². The summed E-state index contributed by atoms with van der Waals surface area (Å²) in [7, 11) is 0. The van der Waals surface area contributed by atoms with Gasteiger partial charge in [-0.05, 0) is 31.0 Å². The van der Waals surface area contributed by atoms with Crippen molar-refractivity contribution in [3.05, 3.63) is 84.4 Å². The fourth-order valence-corrected chi connectivity index (χ4v) is 4.90. The van der Waals surface area contributed by atoms with Gasteiger partial charge < -0.3 is 14.0 Å². The van der Waals surface area contributed by atoms with Crippen LogP contribution < -0.4 is 0 Å². The van der Waals surface area contributed by atoms with Gasteiger partial charge in [0.05, 0.1) is 5.92 Å². The van der Waals surface area contributed by atoms with Crippen LogP contribution in [0.4, 0.5) is 0 Å². The van der Waals surface area contributed by atoms with Gasteiger partial charge in [0.2, 0.25) is 0 Å². The normalized spacial score (nSPS) is 21.6. The van der Waals surface area contributed by atoms with E-state index in [4.69, 9.17) is 9.47 Å². The molecule has 1 aliphatic rings. The first kappa shape index (κ1) is 19.7. The molecule has 3 aromatic rings. The molecule has 4 rings (SSSR count). The SMILES string of the molecule is Cc1nccn1COC(=O)C1CCOC(Sc2ccccc2)(c2ccccc2)C1. The van der Waals surface area contributed by atoms with Crippen molar-refractivity contribution in [1.29, 1.82) is 0 Å². The van der Waals surface area contributed by atoms with Crippen molar-refractivity contribution in [3.63, 3.8) is 0 Å². The molecular weight excluding hydrogens is 384 g/mol. The molecule has 0 bridgehead atoms. The molecule has 6 heteroatoms. The van der Waals surface area contributed by atoms with E-state index in [0.717, 1.165) is 16.3 Å². The van der Waals surface area contributed by atoms with Crippen LogP contribution in [0.2, 0.25) is 0 Å². The number of esters is 1. The maximum atomic E-state index is 12.9. The monoisotopic (exact) mass is 408 g/mol. The van der Waals surface area contributed by atoms with Gasteiger partial charge in [-0.1, -0.05) is 60.3 Å². The lowest BCUT2D eigenvalue weighted by Crippen LogP contribution is -2.38. The van der Waals surface area contributed by atoms with Crippen molar-refractivity contribution >= 4 is 17.7 Å². The maximum Gasteiger partial charge on any atom is 0.310 e. The zero-order valence-electron chi connectivity index (χ0n) is 16.4. The quantitative estimate of drug-likeness (QED) is 0.550. The van der Waals surface area contributed by atoms with Gasteiger partial charge in [0.15, 0.2) is 6.73 Å². The number of aromatic nitrogens is 2. The molecular formula is C23H24N2O3S. The number of carbonyl (C=O) groups excluding carboxylic acids is 1. The molecule has 2 unspecified atom stereocenters. The standard InChI is InChI=1S/C23H24N2O3S/c1-18-24-13-14-25(18)17-27-22(26)19-12-15-28-23(16-19,20-8-4-2-5-9-20)29-21-10-6-3-7-11-21/h2-11,13-14,19H,12,15-17H2,1H3. The Balaban J connectivity index is 1.54. The highest BCUT2D eigenvalue weighted by molar-refractivity contribution is 8.00. The first-order valence-corrected chi connectivity index (χ1v) is 10.6. The zero-order valence-corrected chi connectivity index (χ0v) is 17.2. The van der Waals surface area contributed by atoms with E-state index in [9.17, 15) is 4.79 Å². The molecule has 1 saturated heterocycles. The third-order valence-corrected chi connectivity index (χ3v) is 6.52. The van der Waals surface area contributed by atoms with Crippen molar-refractivity contribution < 1.29 is 14.3 Å². The first-order valence-electron chi connectivity index (χ1n) is 9.74. The number of thioether (sulfide) groups is 1. The molecule has 0 radical (unpaired) electrons. The predicted molar refractivity (Wildman–Crippen MR) is 112 cm³/mol. The van der Waals surface area contributed by atoms with Crippen LogP contribution in [0.5, 0.6) is 0 Å². The van der Waals surface area contributed by atoms with Gasteiger partial charge in [-0.25, -0.2) is 4.98 Å². The lowest BCUT2D eigenvalue weighted by atomic mass is 9.91. The average Bonchev–Trinajstić information content (AvgIpc) is 3.18. The fraction of sp³-hybridized carbons (Fsp3) is 0.304. The highest BCUT2D eigenvalue weighted by Crippen LogP contribution is 2.49. The Kier molecular flexibility index (Phi) is 6.02. The number of carbonyl (C=O) groups is 1. The highest BCUT2D eigenvalue weighted by Gasteiger charge is 2.43. The number of hydrogen-bond acceptors (Lipinski definition) is 5. The van der Waals surface area contributed by atoms with Crippen molar-refractivity contribution in [1.82, 2.24) is 9.55 Å². The van der Waals surface area contributed by atoms with E-state index in [1.54, 1.807) is 18.0 Å². The van der Waals surface area contributed by atoms with Crippen molar-refractivity contribution in [3.8, 4) is 0 Å². The second-order valence-electron chi connectivity index (χ2n) is 7.11. The predicted octanol–water partition coefficient (Wildman–Crippen LogP) is 4.76. The molecule has 29 heavy (non-hydrogen) atoms. The molecule has 1 aromatic heterocycles. The third kappa shape index (κ3) is 4.54. The minimum Gasteiger partial charge on any atom is -0.444 e. The number of rotatable bonds is 6. The average molecular weight is 409 g/mol. The summed E-state index contributed by atoms with van der Waals surface area (Å²) in [5.74, 6) is 0.419. The van der Waals surface area contributed by atoms with Gasteiger partial charge in [-0.15, -0.1) is 0 Å². The van der Waals surface area contributed by atoms with Gasteiger partial charge in [0.25, 0.3) is 0 Å². The zero-order chi connectivity index (χ0) is 20.1. The Labute approximate surface area is 175 Å². The minimum atomic E-state index is -0.616. The number of nitrogens with zero attached hydrogens (tertiary/aromatic N) is 2. The number of benzene rings is 2. The lowest BCUT2D eigenvalue weighted by molar-refractivity contribution is -0.159. The molecule has 0 saturated carbocycles. The topological polar surface area (TPSA) is 53.4 Å². The molecule has 0 aliphatic carbocycles. The van der Waals surface area contributed by atoms with E-state index in [1.165, 1.54) is 0 Å². The van der Waals surface area contributed by atoms with Crippen LogP contribution in [0.25, 0.3) is 0 Å². The van der Waals surface area contributed by atoms with E-state index in [0.29, 0.717) is 19.4 Å². The van der Waals surface area contributed by atoms with Gasteiger partial charge in [-0.2, -0.15) is 0 Å². The van der Waals surface area contributed by atoms with E-state index >= 15 is 0 Å². The van der Waals surface area contributed by atoms with Crippen molar-refractivity contribution in [2.75, 3.05) is 6.61 Å². The number of aryl methyl sites for hydroxylation is 1. The summed E-state index contributed by atoms with van der Waals surface area (Å²) in [5, 5.41) is 0. The molecule has 0 spiro atoms. The highest BCUT2D eigenvalue weighted by atomic mass is 32.2. The Morgan fingerprint density at radius 3 is 2.62 bits per heavy atom. The summed E-state index contributed by atoms with van der Waals surface area (Å²) >= 11 is 1.66. The lowest BCUT2D eigenvalue weighted by Gasteiger charge is -2.40. The molecule has 0 amide bonds. The van der Waals surface area contributed by atoms with E-state index in [1.807, 2.05) is 54.1 Å². The summed E-state index contributed by atoms with van der Waals surface area (Å²) in [6.07, 6.45) is 4.74. The summed E-state index contributed by atoms with van der Waals surface area (Å²) in [5.41, 5.74) is 1.07. The van der Waals surface area contributed by atoms with Crippen LogP contribution >= 0.6 is 11.8 Å². The number of ether oxygens (including phenoxy) is 2. The van der Waals surface area contributed by atoms with Gasteiger partial charge >= 0.3 is 5.97 Å².